The minimum Gasteiger partial charge on any atom is -0.428 e. The first kappa shape index (κ1) is 13.7. The summed E-state index contributed by atoms with van der Waals surface area (Å²) in [5.41, 5.74) is 0. The van der Waals surface area contributed by atoms with Crippen LogP contribution in [0.4, 0.5) is 0 Å². The van der Waals surface area contributed by atoms with E-state index >= 15 is 0 Å². The second-order valence-electron chi connectivity index (χ2n) is 3.52. The molecule has 0 aromatic rings. The maximum Gasteiger partial charge on any atom is 0.286 e. The van der Waals surface area contributed by atoms with Crippen LogP contribution in [0.2, 0.25) is 0 Å². The van der Waals surface area contributed by atoms with E-state index in [9.17, 15) is 4.79 Å². The van der Waals surface area contributed by atoms with Crippen LogP contribution in [0.15, 0.2) is 4.99 Å². The molecule has 0 radical (unpaired) electrons. The Hall–Kier alpha value is -1.33. The fraction of sp³-hybridized carbons (Fsp3) is 0.818. The highest BCUT2D eigenvalue weighted by molar-refractivity contribution is 5.32. The Morgan fingerprint density at radius 3 is 2.73 bits per heavy atom. The van der Waals surface area contributed by atoms with Gasteiger partial charge >= 0.3 is 0 Å². The number of nitrogens with zero attached hydrogens (tertiary/aromatic N) is 2. The summed E-state index contributed by atoms with van der Waals surface area (Å²) in [5.74, 6) is 0.425. The van der Waals surface area contributed by atoms with Gasteiger partial charge in [0.1, 0.15) is 6.61 Å². The number of aliphatic imine (C=N–C) groups is 1. The van der Waals surface area contributed by atoms with Crippen LogP contribution in [0, 0.1) is 17.4 Å². The lowest BCUT2D eigenvalue weighted by Gasteiger charge is -2.12. The molecule has 1 atom stereocenters. The summed E-state index contributed by atoms with van der Waals surface area (Å²) in [6.45, 7) is 3.15. The fourth-order valence-corrected chi connectivity index (χ4v) is 1.48. The van der Waals surface area contributed by atoms with Gasteiger partial charge in [0.05, 0.1) is 6.54 Å². The Labute approximate surface area is 91.0 Å². The van der Waals surface area contributed by atoms with Crippen molar-refractivity contribution in [2.24, 2.45) is 10.9 Å². The van der Waals surface area contributed by atoms with Gasteiger partial charge in [0.15, 0.2) is 0 Å². The molecule has 0 heterocycles. The van der Waals surface area contributed by atoms with Gasteiger partial charge in [-0.3, -0.25) is 0 Å². The molecule has 0 amide bonds. The molecular formula is C11H18N2O2. The van der Waals surface area contributed by atoms with Gasteiger partial charge in [-0.25, -0.2) is 9.79 Å². The molecule has 1 unspecified atom stereocenters. The smallest absolute Gasteiger partial charge is 0.286 e. The molecule has 0 bridgehead atoms. The molecule has 4 nitrogen and oxygen atoms in total. The number of carbonyl (C=O) groups excluding carboxylic acids is 1. The Kier molecular flexibility index (Phi) is 9.80. The lowest BCUT2D eigenvalue weighted by atomic mass is 9.97. The Morgan fingerprint density at radius 1 is 1.40 bits per heavy atom. The number of hydrogen-bond donors (Lipinski definition) is 0. The van der Waals surface area contributed by atoms with E-state index in [1.54, 1.807) is 12.3 Å². The van der Waals surface area contributed by atoms with Gasteiger partial charge in [0.25, 0.3) is 6.26 Å². The number of isocyanates is 1. The van der Waals surface area contributed by atoms with Crippen LogP contribution in [0.3, 0.4) is 0 Å². The van der Waals surface area contributed by atoms with Crippen molar-refractivity contribution in [1.82, 2.24) is 0 Å². The van der Waals surface area contributed by atoms with E-state index in [0.717, 1.165) is 32.1 Å². The minimum absolute atomic E-state index is 0.425. The standard InChI is InChI=1S/C11H18N2O2/c1-2-3-5-11(8-13-10-14)6-4-7-15-9-12/h11H,2-8H2,1H3. The summed E-state index contributed by atoms with van der Waals surface area (Å²) in [7, 11) is 0. The largest absolute Gasteiger partial charge is 0.428 e. The van der Waals surface area contributed by atoms with Crippen molar-refractivity contribution < 1.29 is 9.53 Å². The highest BCUT2D eigenvalue weighted by Gasteiger charge is 2.07. The van der Waals surface area contributed by atoms with Crippen LogP contribution in [-0.2, 0) is 9.53 Å². The third kappa shape index (κ3) is 8.99. The molecule has 0 rings (SSSR count). The highest BCUT2D eigenvalue weighted by atomic mass is 16.5. The molecule has 0 N–H and O–H groups in total. The average Bonchev–Trinajstić information content (AvgIpc) is 2.27. The van der Waals surface area contributed by atoms with Crippen molar-refractivity contribution >= 4 is 6.08 Å². The normalized spacial score (nSPS) is 11.2. The Bertz CT molecular complexity index is 229. The van der Waals surface area contributed by atoms with Crippen LogP contribution in [0.1, 0.15) is 39.0 Å². The van der Waals surface area contributed by atoms with Gasteiger partial charge in [-0.15, -0.1) is 0 Å². The second kappa shape index (κ2) is 10.7. The van der Waals surface area contributed by atoms with Crippen LogP contribution < -0.4 is 0 Å². The summed E-state index contributed by atoms with van der Waals surface area (Å²) >= 11 is 0. The number of ether oxygens (including phenoxy) is 1. The van der Waals surface area contributed by atoms with Crippen LogP contribution in [0.5, 0.6) is 0 Å². The Morgan fingerprint density at radius 2 is 2.13 bits per heavy atom. The monoisotopic (exact) mass is 210 g/mol. The third-order valence-corrected chi connectivity index (χ3v) is 2.30. The van der Waals surface area contributed by atoms with Crippen molar-refractivity contribution in [3.63, 3.8) is 0 Å². The molecule has 0 aliphatic rings. The first-order chi connectivity index (χ1) is 7.35. The van der Waals surface area contributed by atoms with Gasteiger partial charge in [-0.05, 0) is 25.2 Å². The summed E-state index contributed by atoms with van der Waals surface area (Å²) < 4.78 is 4.59. The average molecular weight is 210 g/mol. The quantitative estimate of drug-likeness (QED) is 0.254. The van der Waals surface area contributed by atoms with Crippen LogP contribution in [-0.4, -0.2) is 19.2 Å². The predicted octanol–water partition coefficient (Wildman–Crippen LogP) is 2.41. The first-order valence-electron chi connectivity index (χ1n) is 5.39. The molecule has 15 heavy (non-hydrogen) atoms. The maximum absolute atomic E-state index is 10.00. The Balaban J connectivity index is 3.69. The molecule has 0 aliphatic heterocycles. The summed E-state index contributed by atoms with van der Waals surface area (Å²) in [6.07, 6.45) is 8.38. The topological polar surface area (TPSA) is 62.4 Å². The lowest BCUT2D eigenvalue weighted by Crippen LogP contribution is -2.06. The van der Waals surface area contributed by atoms with Gasteiger partial charge in [-0.1, -0.05) is 19.8 Å². The minimum atomic E-state index is 0.425. The van der Waals surface area contributed by atoms with Crippen molar-refractivity contribution in [1.29, 1.82) is 5.26 Å². The zero-order valence-corrected chi connectivity index (χ0v) is 9.24. The lowest BCUT2D eigenvalue weighted by molar-refractivity contribution is 0.249. The third-order valence-electron chi connectivity index (χ3n) is 2.30. The predicted molar refractivity (Wildman–Crippen MR) is 56.8 cm³/mol. The number of hydrogen-bond acceptors (Lipinski definition) is 4. The molecule has 0 aromatic carbocycles. The summed E-state index contributed by atoms with van der Waals surface area (Å²) in [5, 5.41) is 8.17. The van der Waals surface area contributed by atoms with Gasteiger partial charge < -0.3 is 4.74 Å². The van der Waals surface area contributed by atoms with E-state index in [0.29, 0.717) is 19.1 Å². The van der Waals surface area contributed by atoms with Crippen LogP contribution in [0.25, 0.3) is 0 Å². The summed E-state index contributed by atoms with van der Waals surface area (Å²) in [4.78, 5) is 13.6. The van der Waals surface area contributed by atoms with E-state index in [1.165, 1.54) is 0 Å². The van der Waals surface area contributed by atoms with E-state index < -0.39 is 0 Å². The van der Waals surface area contributed by atoms with Crippen LogP contribution >= 0.6 is 0 Å². The molecule has 84 valence electrons. The summed E-state index contributed by atoms with van der Waals surface area (Å²) in [6, 6.07) is 0. The van der Waals surface area contributed by atoms with E-state index in [4.69, 9.17) is 5.26 Å². The SMILES string of the molecule is CCCCC(CCCOC#N)CN=C=O. The highest BCUT2D eigenvalue weighted by Crippen LogP contribution is 2.15. The number of nitriles is 1. The molecule has 0 fully saturated rings. The molecule has 0 saturated carbocycles. The number of unbranched alkanes of at least 4 members (excludes halogenated alkanes) is 1. The molecular weight excluding hydrogens is 192 g/mol. The van der Waals surface area contributed by atoms with Gasteiger partial charge in [0.2, 0.25) is 6.08 Å². The molecule has 0 spiro atoms. The van der Waals surface area contributed by atoms with Crippen molar-refractivity contribution in [3.8, 4) is 6.26 Å². The molecule has 0 aromatic heterocycles. The molecule has 4 heteroatoms. The van der Waals surface area contributed by atoms with Crippen molar-refractivity contribution in [3.05, 3.63) is 0 Å². The van der Waals surface area contributed by atoms with Gasteiger partial charge in [-0.2, -0.15) is 5.26 Å². The first-order valence-corrected chi connectivity index (χ1v) is 5.39. The number of rotatable bonds is 9. The van der Waals surface area contributed by atoms with E-state index in [1.807, 2.05) is 0 Å². The zero-order chi connectivity index (χ0) is 11.4. The second-order valence-corrected chi connectivity index (χ2v) is 3.52. The van der Waals surface area contributed by atoms with Crippen molar-refractivity contribution in [2.45, 2.75) is 39.0 Å². The molecule has 0 saturated heterocycles. The van der Waals surface area contributed by atoms with Gasteiger partial charge in [0, 0.05) is 0 Å². The maximum atomic E-state index is 10.00. The fourth-order valence-electron chi connectivity index (χ4n) is 1.48. The van der Waals surface area contributed by atoms with E-state index in [2.05, 4.69) is 16.7 Å². The molecule has 0 aliphatic carbocycles. The van der Waals surface area contributed by atoms with Crippen molar-refractivity contribution in [2.75, 3.05) is 13.2 Å². The zero-order valence-electron chi connectivity index (χ0n) is 9.24. The van der Waals surface area contributed by atoms with E-state index in [-0.39, 0.29) is 0 Å².